The van der Waals surface area contributed by atoms with E-state index in [1.54, 1.807) is 6.92 Å². The molecule has 6 unspecified atom stereocenters. The van der Waals surface area contributed by atoms with E-state index in [4.69, 9.17) is 0 Å². The van der Waals surface area contributed by atoms with Gasteiger partial charge in [0.1, 0.15) is 23.1 Å². The van der Waals surface area contributed by atoms with Crippen molar-refractivity contribution < 1.29 is 19.2 Å². The molecule has 0 radical (unpaired) electrons. The third kappa shape index (κ3) is 3.37. The van der Waals surface area contributed by atoms with Gasteiger partial charge in [0.2, 0.25) is 0 Å². The molecule has 3 aliphatic carbocycles. The summed E-state index contributed by atoms with van der Waals surface area (Å²) < 4.78 is 0. The van der Waals surface area contributed by atoms with Crippen LogP contribution in [0.5, 0.6) is 0 Å². The van der Waals surface area contributed by atoms with E-state index in [-0.39, 0.29) is 52.7 Å². The highest BCUT2D eigenvalue weighted by atomic mass is 16.1. The van der Waals surface area contributed by atoms with Gasteiger partial charge in [0.05, 0.1) is 0 Å². The van der Waals surface area contributed by atoms with Crippen molar-refractivity contribution in [2.45, 2.75) is 60.8 Å². The zero-order chi connectivity index (χ0) is 19.0. The Hall–Kier alpha value is -1.32. The van der Waals surface area contributed by atoms with E-state index in [9.17, 15) is 19.2 Å². The maximum Gasteiger partial charge on any atom is 0.139 e. The summed E-state index contributed by atoms with van der Waals surface area (Å²) >= 11 is 0. The second-order valence-electron chi connectivity index (χ2n) is 8.55. The van der Waals surface area contributed by atoms with Gasteiger partial charge in [-0.25, -0.2) is 0 Å². The Morgan fingerprint density at radius 3 is 1.52 bits per heavy atom. The van der Waals surface area contributed by atoms with Gasteiger partial charge in [-0.15, -0.1) is 0 Å². The summed E-state index contributed by atoms with van der Waals surface area (Å²) in [5, 5.41) is 0. The van der Waals surface area contributed by atoms with E-state index >= 15 is 0 Å². The largest absolute Gasteiger partial charge is 0.300 e. The smallest absolute Gasteiger partial charge is 0.139 e. The third-order valence-corrected chi connectivity index (χ3v) is 6.44. The van der Waals surface area contributed by atoms with Crippen LogP contribution in [0.4, 0.5) is 0 Å². The molecule has 3 saturated carbocycles. The predicted octanol–water partition coefficient (Wildman–Crippen LogP) is 3.51. The average molecular weight is 348 g/mol. The van der Waals surface area contributed by atoms with Crippen LogP contribution in [0.3, 0.4) is 0 Å². The van der Waals surface area contributed by atoms with Gasteiger partial charge in [0.15, 0.2) is 0 Å². The molecule has 0 aliphatic heterocycles. The second-order valence-corrected chi connectivity index (χ2v) is 8.55. The molecule has 0 aromatic rings. The Bertz CT molecular complexity index is 574. The van der Waals surface area contributed by atoms with Gasteiger partial charge < -0.3 is 0 Å². The van der Waals surface area contributed by atoms with Crippen LogP contribution in [0.25, 0.3) is 0 Å². The molecule has 0 spiro atoms. The zero-order valence-corrected chi connectivity index (χ0v) is 16.4. The summed E-state index contributed by atoms with van der Waals surface area (Å²) in [5.74, 6) is -1.98. The fourth-order valence-electron chi connectivity index (χ4n) is 5.39. The fourth-order valence-corrected chi connectivity index (χ4v) is 5.39. The van der Waals surface area contributed by atoms with Crippen LogP contribution in [-0.4, -0.2) is 23.1 Å². The number of fused-ring (bicyclic) bond motifs is 3. The number of hydrogen-bond donors (Lipinski definition) is 0. The molecule has 0 aromatic heterocycles. The lowest BCUT2D eigenvalue weighted by molar-refractivity contribution is -0.165. The van der Waals surface area contributed by atoms with Gasteiger partial charge in [0.25, 0.3) is 0 Å². The first kappa shape index (κ1) is 20.0. The average Bonchev–Trinajstić information content (AvgIpc) is 2.57. The lowest BCUT2D eigenvalue weighted by Gasteiger charge is -2.55. The lowest BCUT2D eigenvalue weighted by atomic mass is 9.46. The highest BCUT2D eigenvalue weighted by Gasteiger charge is 2.60. The van der Waals surface area contributed by atoms with E-state index in [1.165, 1.54) is 0 Å². The summed E-state index contributed by atoms with van der Waals surface area (Å²) in [4.78, 5) is 51.1. The molecule has 3 rings (SSSR count). The maximum atomic E-state index is 12.9. The van der Waals surface area contributed by atoms with Gasteiger partial charge in [-0.3, -0.25) is 19.2 Å². The standard InChI is InChI=1S/C21H32O4/c1-7-15(23)17-14-9-8-13(19(17)21(25)11(4)5)16(12(6)22)18(14)20(24)10(2)3/h10-11,13-14,16-19H,7-9H2,1-6H3. The molecule has 2 bridgehead atoms. The maximum absolute atomic E-state index is 12.9. The molecule has 6 atom stereocenters. The summed E-state index contributed by atoms with van der Waals surface area (Å²) in [7, 11) is 0. The van der Waals surface area contributed by atoms with Crippen LogP contribution in [-0.2, 0) is 19.2 Å². The first-order chi connectivity index (χ1) is 11.6. The Kier molecular flexibility index (Phi) is 6.01. The third-order valence-electron chi connectivity index (χ3n) is 6.44. The number of Topliss-reactive ketones (excluding diaryl/α,β-unsaturated/α-hetero) is 4. The van der Waals surface area contributed by atoms with Crippen LogP contribution >= 0.6 is 0 Å². The lowest BCUT2D eigenvalue weighted by Crippen LogP contribution is -2.60. The van der Waals surface area contributed by atoms with Crippen LogP contribution in [0, 0.1) is 47.3 Å². The molecule has 3 aliphatic rings. The Balaban J connectivity index is 2.56. The molecule has 0 saturated heterocycles. The zero-order valence-electron chi connectivity index (χ0n) is 16.4. The van der Waals surface area contributed by atoms with Gasteiger partial charge >= 0.3 is 0 Å². The second kappa shape index (κ2) is 7.51. The Morgan fingerprint density at radius 2 is 1.16 bits per heavy atom. The SMILES string of the molecule is CCC(=O)C1C2CCC(C(C(C)=O)C2C(=O)C(C)C)C1C(=O)C(C)C. The number of carbonyl (C=O) groups excluding carboxylic acids is 4. The van der Waals surface area contributed by atoms with Gasteiger partial charge in [-0.1, -0.05) is 34.6 Å². The Labute approximate surface area is 151 Å². The van der Waals surface area contributed by atoms with Crippen molar-refractivity contribution in [2.75, 3.05) is 0 Å². The number of rotatable bonds is 7. The van der Waals surface area contributed by atoms with Crippen molar-refractivity contribution in [3.63, 3.8) is 0 Å². The first-order valence-electron chi connectivity index (χ1n) is 9.74. The fraction of sp³-hybridized carbons (Fsp3) is 0.810. The highest BCUT2D eigenvalue weighted by Crippen LogP contribution is 2.57. The molecule has 0 amide bonds. The van der Waals surface area contributed by atoms with Crippen molar-refractivity contribution in [3.8, 4) is 0 Å². The van der Waals surface area contributed by atoms with Gasteiger partial charge in [-0.05, 0) is 31.6 Å². The van der Waals surface area contributed by atoms with Gasteiger partial charge in [-0.2, -0.15) is 0 Å². The Morgan fingerprint density at radius 1 is 0.760 bits per heavy atom. The van der Waals surface area contributed by atoms with Crippen molar-refractivity contribution in [1.29, 1.82) is 0 Å². The summed E-state index contributed by atoms with van der Waals surface area (Å²) in [6.07, 6.45) is 1.92. The van der Waals surface area contributed by atoms with Crippen LogP contribution in [0.1, 0.15) is 60.8 Å². The van der Waals surface area contributed by atoms with E-state index in [0.717, 1.165) is 12.8 Å². The minimum Gasteiger partial charge on any atom is -0.300 e. The van der Waals surface area contributed by atoms with E-state index < -0.39 is 17.8 Å². The molecule has 4 heteroatoms. The number of carbonyl (C=O) groups is 4. The minimum absolute atomic E-state index is 0.00217. The van der Waals surface area contributed by atoms with Crippen LogP contribution in [0.15, 0.2) is 0 Å². The predicted molar refractivity (Wildman–Crippen MR) is 95.8 cm³/mol. The van der Waals surface area contributed by atoms with Crippen molar-refractivity contribution >= 4 is 23.1 Å². The van der Waals surface area contributed by atoms with E-state index in [1.807, 2.05) is 34.6 Å². The molecule has 0 heterocycles. The summed E-state index contributed by atoms with van der Waals surface area (Å²) in [6.45, 7) is 10.8. The topological polar surface area (TPSA) is 68.3 Å². The van der Waals surface area contributed by atoms with Crippen molar-refractivity contribution in [1.82, 2.24) is 0 Å². The van der Waals surface area contributed by atoms with Crippen molar-refractivity contribution in [2.24, 2.45) is 47.3 Å². The summed E-state index contributed by atoms with van der Waals surface area (Å²) in [5.41, 5.74) is 0. The molecule has 0 aromatic carbocycles. The quantitative estimate of drug-likeness (QED) is 0.706. The molecule has 3 fully saturated rings. The molecule has 140 valence electrons. The minimum atomic E-state index is -0.401. The number of hydrogen-bond acceptors (Lipinski definition) is 4. The molecule has 25 heavy (non-hydrogen) atoms. The van der Waals surface area contributed by atoms with Crippen molar-refractivity contribution in [3.05, 3.63) is 0 Å². The normalized spacial score (nSPS) is 34.4. The highest BCUT2D eigenvalue weighted by molar-refractivity contribution is 5.96. The number of ketones is 4. The van der Waals surface area contributed by atoms with Crippen LogP contribution < -0.4 is 0 Å². The molecular weight excluding hydrogens is 316 g/mol. The van der Waals surface area contributed by atoms with Gasteiger partial charge in [0, 0.05) is 41.9 Å². The molecule has 0 N–H and O–H groups in total. The molecular formula is C21H32O4. The first-order valence-corrected chi connectivity index (χ1v) is 9.74. The summed E-state index contributed by atoms with van der Waals surface area (Å²) in [6, 6.07) is 0. The van der Waals surface area contributed by atoms with E-state index in [0.29, 0.717) is 6.42 Å². The monoisotopic (exact) mass is 348 g/mol. The molecule has 4 nitrogen and oxygen atoms in total. The van der Waals surface area contributed by atoms with E-state index in [2.05, 4.69) is 0 Å². The van der Waals surface area contributed by atoms with Crippen LogP contribution in [0.2, 0.25) is 0 Å².